The van der Waals surface area contributed by atoms with Gasteiger partial charge in [0.2, 0.25) is 0 Å². The molecule has 0 unspecified atom stereocenters. The minimum atomic E-state index is -0.477. The van der Waals surface area contributed by atoms with Crippen LogP contribution in [0.15, 0.2) is 33.8 Å². The van der Waals surface area contributed by atoms with E-state index < -0.39 is 5.91 Å². The SMILES string of the molecule is Cc1ccc(C(=O)N/N=C2\CCCc3oc(C(=O)NN)c(C)c32)cc1. The summed E-state index contributed by atoms with van der Waals surface area (Å²) >= 11 is 0. The summed E-state index contributed by atoms with van der Waals surface area (Å²) in [4.78, 5) is 24.0. The molecule has 0 bridgehead atoms. The number of hydrazone groups is 1. The number of rotatable bonds is 3. The fourth-order valence-corrected chi connectivity index (χ4v) is 2.95. The summed E-state index contributed by atoms with van der Waals surface area (Å²) in [5.74, 6) is 5.32. The number of carbonyl (C=O) groups is 2. The zero-order valence-corrected chi connectivity index (χ0v) is 14.2. The van der Waals surface area contributed by atoms with Crippen LogP contribution in [0.2, 0.25) is 0 Å². The van der Waals surface area contributed by atoms with Crippen LogP contribution >= 0.6 is 0 Å². The number of aryl methyl sites for hydroxylation is 2. The fourth-order valence-electron chi connectivity index (χ4n) is 2.95. The molecule has 130 valence electrons. The maximum atomic E-state index is 12.2. The first kappa shape index (κ1) is 16.9. The molecular formula is C18H20N4O3. The van der Waals surface area contributed by atoms with Crippen LogP contribution in [0.1, 0.15) is 56.2 Å². The Balaban J connectivity index is 1.86. The predicted octanol–water partition coefficient (Wildman–Crippen LogP) is 1.97. The van der Waals surface area contributed by atoms with Gasteiger partial charge in [0.05, 0.1) is 5.71 Å². The zero-order valence-electron chi connectivity index (χ0n) is 14.2. The Labute approximate surface area is 145 Å². The summed E-state index contributed by atoms with van der Waals surface area (Å²) in [5.41, 5.74) is 8.47. The van der Waals surface area contributed by atoms with Crippen molar-refractivity contribution in [2.45, 2.75) is 33.1 Å². The summed E-state index contributed by atoms with van der Waals surface area (Å²) in [6.45, 7) is 3.75. The lowest BCUT2D eigenvalue weighted by Gasteiger charge is -2.13. The van der Waals surface area contributed by atoms with Gasteiger partial charge in [0.25, 0.3) is 5.91 Å². The second-order valence-corrected chi connectivity index (χ2v) is 6.05. The molecule has 1 aromatic carbocycles. The molecule has 7 heteroatoms. The molecule has 1 heterocycles. The largest absolute Gasteiger partial charge is 0.455 e. The van der Waals surface area contributed by atoms with E-state index in [1.165, 1.54) is 0 Å². The van der Waals surface area contributed by atoms with Crippen molar-refractivity contribution in [3.8, 4) is 0 Å². The van der Waals surface area contributed by atoms with Crippen molar-refractivity contribution < 1.29 is 14.0 Å². The second-order valence-electron chi connectivity index (χ2n) is 6.05. The van der Waals surface area contributed by atoms with E-state index in [1.807, 2.05) is 19.1 Å². The van der Waals surface area contributed by atoms with Crippen LogP contribution in [0, 0.1) is 13.8 Å². The lowest BCUT2D eigenvalue weighted by Crippen LogP contribution is -2.30. The van der Waals surface area contributed by atoms with Gasteiger partial charge in [0.1, 0.15) is 5.76 Å². The fraction of sp³-hybridized carbons (Fsp3) is 0.278. The van der Waals surface area contributed by atoms with Gasteiger partial charge in [-0.25, -0.2) is 11.3 Å². The first-order valence-corrected chi connectivity index (χ1v) is 8.08. The standard InChI is InChI=1S/C18H20N4O3/c1-10-6-8-12(9-7-10)17(23)22-21-13-4-3-5-14-15(13)11(2)16(25-14)18(24)20-19/h6-9H,3-5,19H2,1-2H3,(H,20,24)(H,22,23)/b21-13+. The van der Waals surface area contributed by atoms with Crippen molar-refractivity contribution in [1.82, 2.24) is 10.9 Å². The van der Waals surface area contributed by atoms with Gasteiger partial charge in [-0.2, -0.15) is 5.10 Å². The van der Waals surface area contributed by atoms with Gasteiger partial charge in [-0.05, 0) is 38.8 Å². The van der Waals surface area contributed by atoms with Gasteiger partial charge in [0.15, 0.2) is 5.76 Å². The number of nitrogens with two attached hydrogens (primary N) is 1. The number of nitrogen functional groups attached to an aromatic ring is 1. The van der Waals surface area contributed by atoms with Crippen LogP contribution in [-0.4, -0.2) is 17.5 Å². The number of hydrazine groups is 1. The average Bonchev–Trinajstić information content (AvgIpc) is 2.97. The van der Waals surface area contributed by atoms with Crippen molar-refractivity contribution >= 4 is 17.5 Å². The molecule has 2 amide bonds. The molecule has 1 aromatic heterocycles. The first-order chi connectivity index (χ1) is 12.0. The predicted molar refractivity (Wildman–Crippen MR) is 93.2 cm³/mol. The Morgan fingerprint density at radius 1 is 1.12 bits per heavy atom. The Morgan fingerprint density at radius 3 is 2.52 bits per heavy atom. The lowest BCUT2D eigenvalue weighted by molar-refractivity contribution is 0.0921. The highest BCUT2D eigenvalue weighted by Gasteiger charge is 2.27. The van der Waals surface area contributed by atoms with Crippen molar-refractivity contribution in [3.63, 3.8) is 0 Å². The van der Waals surface area contributed by atoms with E-state index in [9.17, 15) is 9.59 Å². The van der Waals surface area contributed by atoms with E-state index in [1.54, 1.807) is 19.1 Å². The zero-order chi connectivity index (χ0) is 18.0. The van der Waals surface area contributed by atoms with E-state index >= 15 is 0 Å². The van der Waals surface area contributed by atoms with Crippen molar-refractivity contribution in [1.29, 1.82) is 0 Å². The number of hydrogen-bond donors (Lipinski definition) is 3. The number of fused-ring (bicyclic) bond motifs is 1. The van der Waals surface area contributed by atoms with Crippen molar-refractivity contribution in [2.24, 2.45) is 10.9 Å². The number of carbonyl (C=O) groups excluding carboxylic acids is 2. The Bertz CT molecular complexity index is 850. The Kier molecular flexibility index (Phi) is 4.67. The summed E-state index contributed by atoms with van der Waals surface area (Å²) in [7, 11) is 0. The van der Waals surface area contributed by atoms with Crippen LogP contribution in [0.5, 0.6) is 0 Å². The molecule has 25 heavy (non-hydrogen) atoms. The maximum absolute atomic E-state index is 12.2. The molecule has 0 atom stereocenters. The quantitative estimate of drug-likeness (QED) is 0.451. The molecule has 0 radical (unpaired) electrons. The molecule has 4 N–H and O–H groups in total. The van der Waals surface area contributed by atoms with Crippen LogP contribution in [0.4, 0.5) is 0 Å². The first-order valence-electron chi connectivity index (χ1n) is 8.08. The average molecular weight is 340 g/mol. The molecule has 1 aliphatic carbocycles. The molecule has 0 aliphatic heterocycles. The van der Waals surface area contributed by atoms with Gasteiger partial charge in [-0.1, -0.05) is 17.7 Å². The van der Waals surface area contributed by atoms with Crippen LogP contribution in [0.3, 0.4) is 0 Å². The molecular weight excluding hydrogens is 320 g/mol. The third kappa shape index (κ3) is 3.32. The highest BCUT2D eigenvalue weighted by Crippen LogP contribution is 2.29. The lowest BCUT2D eigenvalue weighted by atomic mass is 9.93. The van der Waals surface area contributed by atoms with Gasteiger partial charge >= 0.3 is 5.91 Å². The van der Waals surface area contributed by atoms with Gasteiger partial charge in [0, 0.05) is 23.1 Å². The number of nitrogens with zero attached hydrogens (tertiary/aromatic N) is 1. The van der Waals surface area contributed by atoms with Gasteiger partial charge < -0.3 is 4.42 Å². The minimum absolute atomic E-state index is 0.187. The smallest absolute Gasteiger partial charge is 0.301 e. The molecule has 7 nitrogen and oxygen atoms in total. The summed E-state index contributed by atoms with van der Waals surface area (Å²) in [5, 5.41) is 4.28. The van der Waals surface area contributed by atoms with E-state index in [4.69, 9.17) is 10.3 Å². The summed E-state index contributed by atoms with van der Waals surface area (Å²) < 4.78 is 5.64. The van der Waals surface area contributed by atoms with E-state index in [0.717, 1.165) is 24.0 Å². The molecule has 0 spiro atoms. The normalized spacial score (nSPS) is 14.9. The topological polar surface area (TPSA) is 110 Å². The number of hydrogen-bond acceptors (Lipinski definition) is 5. The number of nitrogens with one attached hydrogen (secondary N) is 2. The maximum Gasteiger partial charge on any atom is 0.301 e. The monoisotopic (exact) mass is 340 g/mol. The van der Waals surface area contributed by atoms with E-state index in [0.29, 0.717) is 29.0 Å². The van der Waals surface area contributed by atoms with Crippen LogP contribution < -0.4 is 16.7 Å². The number of benzene rings is 1. The molecule has 0 fully saturated rings. The van der Waals surface area contributed by atoms with E-state index in [-0.39, 0.29) is 11.7 Å². The van der Waals surface area contributed by atoms with E-state index in [2.05, 4.69) is 16.0 Å². The molecule has 0 saturated carbocycles. The minimum Gasteiger partial charge on any atom is -0.455 e. The molecule has 0 saturated heterocycles. The second kappa shape index (κ2) is 6.90. The number of furan rings is 1. The van der Waals surface area contributed by atoms with Crippen LogP contribution in [0.25, 0.3) is 0 Å². The highest BCUT2D eigenvalue weighted by atomic mass is 16.4. The van der Waals surface area contributed by atoms with Crippen LogP contribution in [-0.2, 0) is 6.42 Å². The third-order valence-electron chi connectivity index (χ3n) is 4.27. The highest BCUT2D eigenvalue weighted by molar-refractivity contribution is 6.07. The van der Waals surface area contributed by atoms with Gasteiger partial charge in [-0.3, -0.25) is 15.0 Å². The summed E-state index contributed by atoms with van der Waals surface area (Å²) in [6, 6.07) is 7.26. The molecule has 3 rings (SSSR count). The Morgan fingerprint density at radius 2 is 1.84 bits per heavy atom. The number of amides is 2. The molecule has 2 aromatic rings. The summed E-state index contributed by atoms with van der Waals surface area (Å²) in [6.07, 6.45) is 2.26. The Hall–Kier alpha value is -2.93. The third-order valence-corrected chi connectivity index (χ3v) is 4.27. The molecule has 1 aliphatic rings. The van der Waals surface area contributed by atoms with Gasteiger partial charge in [-0.15, -0.1) is 0 Å². The van der Waals surface area contributed by atoms with Crippen molar-refractivity contribution in [2.75, 3.05) is 0 Å². The van der Waals surface area contributed by atoms with Crippen molar-refractivity contribution in [3.05, 3.63) is 58.0 Å².